The van der Waals surface area contributed by atoms with E-state index < -0.39 is 0 Å². The van der Waals surface area contributed by atoms with Crippen LogP contribution >= 0.6 is 0 Å². The van der Waals surface area contributed by atoms with Gasteiger partial charge in [-0.05, 0) is 55.1 Å². The summed E-state index contributed by atoms with van der Waals surface area (Å²) in [6, 6.07) is 17.3. The van der Waals surface area contributed by atoms with Gasteiger partial charge in [0, 0.05) is 6.04 Å². The van der Waals surface area contributed by atoms with E-state index in [2.05, 4.69) is 35.6 Å². The lowest BCUT2D eigenvalue weighted by Gasteiger charge is -2.25. The average Bonchev–Trinajstić information content (AvgIpc) is 2.53. The van der Waals surface area contributed by atoms with Gasteiger partial charge in [-0.25, -0.2) is 0 Å². The van der Waals surface area contributed by atoms with Crippen LogP contribution in [0.5, 0.6) is 5.75 Å². The average molecular weight is 267 g/mol. The molecule has 0 heterocycles. The van der Waals surface area contributed by atoms with E-state index in [0.717, 1.165) is 5.75 Å². The summed E-state index contributed by atoms with van der Waals surface area (Å²) < 4.78 is 5.92. The van der Waals surface area contributed by atoms with Crippen molar-refractivity contribution < 1.29 is 4.74 Å². The normalized spacial score (nSPS) is 17.6. The molecule has 0 spiro atoms. The Morgan fingerprint density at radius 1 is 1.15 bits per heavy atom. The zero-order valence-electron chi connectivity index (χ0n) is 11.9. The first-order valence-corrected chi connectivity index (χ1v) is 7.33. The van der Waals surface area contributed by atoms with Gasteiger partial charge in [0.2, 0.25) is 0 Å². The lowest BCUT2D eigenvalue weighted by molar-refractivity contribution is 0.305. The standard InChI is InChI=1S/C18H21NO/c1-19-18-9-5-8-15-10-11-16(12-17(15)18)20-13-14-6-3-2-4-7-14/h2-4,6-7,10-12,18-19H,5,8-9,13H2,1H3. The second-order valence-electron chi connectivity index (χ2n) is 5.37. The van der Waals surface area contributed by atoms with Gasteiger partial charge in [0.25, 0.3) is 0 Å². The van der Waals surface area contributed by atoms with E-state index in [4.69, 9.17) is 4.74 Å². The maximum Gasteiger partial charge on any atom is 0.120 e. The summed E-state index contributed by atoms with van der Waals surface area (Å²) in [7, 11) is 2.04. The summed E-state index contributed by atoms with van der Waals surface area (Å²) in [4.78, 5) is 0. The van der Waals surface area contributed by atoms with Crippen LogP contribution in [0.2, 0.25) is 0 Å². The molecule has 104 valence electrons. The zero-order valence-corrected chi connectivity index (χ0v) is 11.9. The number of hydrogen-bond acceptors (Lipinski definition) is 2. The van der Waals surface area contributed by atoms with E-state index in [1.807, 2.05) is 25.2 Å². The molecule has 0 radical (unpaired) electrons. The maximum atomic E-state index is 5.92. The van der Waals surface area contributed by atoms with Crippen molar-refractivity contribution in [3.8, 4) is 5.75 Å². The topological polar surface area (TPSA) is 21.3 Å². The number of rotatable bonds is 4. The van der Waals surface area contributed by atoms with Crippen LogP contribution in [0, 0.1) is 0 Å². The molecule has 0 amide bonds. The van der Waals surface area contributed by atoms with Crippen LogP contribution in [-0.4, -0.2) is 7.05 Å². The second-order valence-corrected chi connectivity index (χ2v) is 5.37. The molecule has 1 unspecified atom stereocenters. The highest BCUT2D eigenvalue weighted by Crippen LogP contribution is 2.32. The quantitative estimate of drug-likeness (QED) is 0.908. The smallest absolute Gasteiger partial charge is 0.120 e. The summed E-state index contributed by atoms with van der Waals surface area (Å²) in [6.07, 6.45) is 3.67. The number of nitrogens with one attached hydrogen (secondary N) is 1. The minimum atomic E-state index is 0.471. The molecule has 2 heteroatoms. The van der Waals surface area contributed by atoms with Crippen LogP contribution in [0.25, 0.3) is 0 Å². The molecule has 2 aromatic rings. The van der Waals surface area contributed by atoms with Crippen LogP contribution in [0.1, 0.15) is 35.6 Å². The van der Waals surface area contributed by atoms with Crippen molar-refractivity contribution in [2.45, 2.75) is 31.9 Å². The molecular weight excluding hydrogens is 246 g/mol. The third-order valence-electron chi connectivity index (χ3n) is 4.03. The Labute approximate surface area is 120 Å². The van der Waals surface area contributed by atoms with E-state index in [-0.39, 0.29) is 0 Å². The van der Waals surface area contributed by atoms with Gasteiger partial charge in [-0.2, -0.15) is 0 Å². The first-order chi connectivity index (χ1) is 9.86. The Morgan fingerprint density at radius 2 is 2.00 bits per heavy atom. The van der Waals surface area contributed by atoms with E-state index in [0.29, 0.717) is 12.6 Å². The lowest BCUT2D eigenvalue weighted by Crippen LogP contribution is -2.21. The van der Waals surface area contributed by atoms with Gasteiger partial charge in [-0.3, -0.25) is 0 Å². The molecule has 1 aliphatic carbocycles. The Kier molecular flexibility index (Phi) is 4.03. The molecule has 0 saturated carbocycles. The van der Waals surface area contributed by atoms with Crippen molar-refractivity contribution in [3.63, 3.8) is 0 Å². The van der Waals surface area contributed by atoms with Crippen molar-refractivity contribution in [1.29, 1.82) is 0 Å². The van der Waals surface area contributed by atoms with Gasteiger partial charge < -0.3 is 10.1 Å². The predicted octanol–water partition coefficient (Wildman–Crippen LogP) is 3.86. The van der Waals surface area contributed by atoms with Crippen LogP contribution < -0.4 is 10.1 Å². The molecule has 0 fully saturated rings. The third kappa shape index (κ3) is 2.86. The molecule has 0 aromatic heterocycles. The molecule has 3 rings (SSSR count). The fourth-order valence-corrected chi connectivity index (χ4v) is 2.91. The van der Waals surface area contributed by atoms with Crippen molar-refractivity contribution in [3.05, 3.63) is 65.2 Å². The fourth-order valence-electron chi connectivity index (χ4n) is 2.91. The molecule has 0 bridgehead atoms. The zero-order chi connectivity index (χ0) is 13.8. The molecule has 2 nitrogen and oxygen atoms in total. The molecule has 1 N–H and O–H groups in total. The Morgan fingerprint density at radius 3 is 2.80 bits per heavy atom. The lowest BCUT2D eigenvalue weighted by atomic mass is 9.87. The largest absolute Gasteiger partial charge is 0.489 e. The summed E-state index contributed by atoms with van der Waals surface area (Å²) >= 11 is 0. The van der Waals surface area contributed by atoms with Gasteiger partial charge in [-0.1, -0.05) is 36.4 Å². The third-order valence-corrected chi connectivity index (χ3v) is 4.03. The van der Waals surface area contributed by atoms with Gasteiger partial charge >= 0.3 is 0 Å². The van der Waals surface area contributed by atoms with Crippen molar-refractivity contribution >= 4 is 0 Å². The van der Waals surface area contributed by atoms with Crippen LogP contribution in [-0.2, 0) is 13.0 Å². The van der Waals surface area contributed by atoms with E-state index in [9.17, 15) is 0 Å². The molecule has 1 aliphatic rings. The SMILES string of the molecule is CNC1CCCc2ccc(OCc3ccccc3)cc21. The number of hydrogen-bond donors (Lipinski definition) is 1. The Balaban J connectivity index is 1.75. The van der Waals surface area contributed by atoms with Crippen molar-refractivity contribution in [2.24, 2.45) is 0 Å². The monoisotopic (exact) mass is 267 g/mol. The second kappa shape index (κ2) is 6.10. The molecular formula is C18H21NO. The number of aryl methyl sites for hydroxylation is 1. The van der Waals surface area contributed by atoms with E-state index in [1.54, 1.807) is 0 Å². The number of fused-ring (bicyclic) bond motifs is 1. The van der Waals surface area contributed by atoms with Gasteiger partial charge in [-0.15, -0.1) is 0 Å². The predicted molar refractivity (Wildman–Crippen MR) is 82.0 cm³/mol. The first kappa shape index (κ1) is 13.2. The molecule has 2 aromatic carbocycles. The molecule has 0 aliphatic heterocycles. The summed E-state index contributed by atoms with van der Waals surface area (Å²) in [5.74, 6) is 0.967. The van der Waals surface area contributed by atoms with Gasteiger partial charge in [0.1, 0.15) is 12.4 Å². The van der Waals surface area contributed by atoms with Gasteiger partial charge in [0.15, 0.2) is 0 Å². The summed E-state index contributed by atoms with van der Waals surface area (Å²) in [5.41, 5.74) is 4.07. The highest BCUT2D eigenvalue weighted by Gasteiger charge is 2.19. The molecule has 20 heavy (non-hydrogen) atoms. The minimum absolute atomic E-state index is 0.471. The molecule has 0 saturated heterocycles. The Hall–Kier alpha value is -1.80. The highest BCUT2D eigenvalue weighted by atomic mass is 16.5. The number of benzene rings is 2. The van der Waals surface area contributed by atoms with Crippen molar-refractivity contribution in [2.75, 3.05) is 7.05 Å². The minimum Gasteiger partial charge on any atom is -0.489 e. The maximum absolute atomic E-state index is 5.92. The fraction of sp³-hybridized carbons (Fsp3) is 0.333. The van der Waals surface area contributed by atoms with Gasteiger partial charge in [0.05, 0.1) is 0 Å². The first-order valence-electron chi connectivity index (χ1n) is 7.33. The van der Waals surface area contributed by atoms with Crippen molar-refractivity contribution in [1.82, 2.24) is 5.32 Å². The highest BCUT2D eigenvalue weighted by molar-refractivity contribution is 5.39. The van der Waals surface area contributed by atoms with E-state index >= 15 is 0 Å². The van der Waals surface area contributed by atoms with Crippen LogP contribution in [0.15, 0.2) is 48.5 Å². The summed E-state index contributed by atoms with van der Waals surface area (Å²) in [5, 5.41) is 3.41. The van der Waals surface area contributed by atoms with Crippen LogP contribution in [0.3, 0.4) is 0 Å². The van der Waals surface area contributed by atoms with Crippen LogP contribution in [0.4, 0.5) is 0 Å². The number of ether oxygens (including phenoxy) is 1. The Bertz CT molecular complexity index is 565. The summed E-state index contributed by atoms with van der Waals surface area (Å²) in [6.45, 7) is 0.629. The van der Waals surface area contributed by atoms with E-state index in [1.165, 1.54) is 36.0 Å². The molecule has 1 atom stereocenters.